The van der Waals surface area contributed by atoms with Crippen molar-refractivity contribution < 1.29 is 14.3 Å². The molecule has 142 valence electrons. The number of aryl methyl sites for hydroxylation is 1. The maximum absolute atomic E-state index is 12.6. The molecule has 1 aromatic heterocycles. The molecular weight excluding hydrogens is 366 g/mol. The monoisotopic (exact) mass is 387 g/mol. The number of amides is 2. The molecule has 0 saturated heterocycles. The topological polar surface area (TPSA) is 80.3 Å². The van der Waals surface area contributed by atoms with E-state index in [1.165, 1.54) is 7.11 Å². The Morgan fingerprint density at radius 2 is 1.81 bits per heavy atom. The van der Waals surface area contributed by atoms with E-state index in [9.17, 15) is 9.59 Å². The van der Waals surface area contributed by atoms with Gasteiger partial charge in [-0.3, -0.25) is 9.59 Å². The molecule has 1 heterocycles. The summed E-state index contributed by atoms with van der Waals surface area (Å²) in [7, 11) is 1.50. The maximum Gasteiger partial charge on any atom is 0.274 e. The van der Waals surface area contributed by atoms with Crippen LogP contribution in [-0.4, -0.2) is 29.9 Å². The van der Waals surface area contributed by atoms with Crippen molar-refractivity contribution in [3.05, 3.63) is 52.3 Å². The average molecular weight is 388 g/mol. The number of hydrogen-bond acceptors (Lipinski definition) is 4. The molecule has 1 aliphatic rings. The molecule has 0 radical (unpaired) electrons. The third-order valence-electron chi connectivity index (χ3n) is 4.63. The third kappa shape index (κ3) is 4.57. The number of aromatic nitrogens is 1. The molecule has 1 aliphatic carbocycles. The van der Waals surface area contributed by atoms with Crippen molar-refractivity contribution in [2.75, 3.05) is 12.4 Å². The summed E-state index contributed by atoms with van der Waals surface area (Å²) in [6, 6.07) is 8.39. The lowest BCUT2D eigenvalue weighted by molar-refractivity contribution is 0.0932. The summed E-state index contributed by atoms with van der Waals surface area (Å²) in [5.74, 6) is -0.226. The summed E-state index contributed by atoms with van der Waals surface area (Å²) in [4.78, 5) is 29.2. The minimum Gasteiger partial charge on any atom is -0.495 e. The van der Waals surface area contributed by atoms with Crippen molar-refractivity contribution >= 4 is 29.1 Å². The molecule has 2 aromatic rings. The standard InChI is InChI=1S/C20H22ClN3O3/c1-12-10-17(18(27-2)11-14(12)21)24-20(26)16-9-5-8-15(23-16)19(25)22-13-6-3-4-7-13/h5,8-11,13H,3-4,6-7H2,1-2H3,(H,22,25)(H,24,26). The molecule has 0 atom stereocenters. The highest BCUT2D eigenvalue weighted by atomic mass is 35.5. The molecule has 6 nitrogen and oxygen atoms in total. The third-order valence-corrected chi connectivity index (χ3v) is 5.04. The van der Waals surface area contributed by atoms with Gasteiger partial charge in [0.2, 0.25) is 0 Å². The summed E-state index contributed by atoms with van der Waals surface area (Å²) < 4.78 is 5.27. The molecule has 0 spiro atoms. The van der Waals surface area contributed by atoms with Gasteiger partial charge in [0.25, 0.3) is 11.8 Å². The lowest BCUT2D eigenvalue weighted by atomic mass is 10.2. The van der Waals surface area contributed by atoms with Crippen molar-refractivity contribution in [1.82, 2.24) is 10.3 Å². The van der Waals surface area contributed by atoms with Crippen molar-refractivity contribution in [2.24, 2.45) is 0 Å². The van der Waals surface area contributed by atoms with Crippen LogP contribution in [0.5, 0.6) is 5.75 Å². The largest absolute Gasteiger partial charge is 0.495 e. The molecule has 3 rings (SSSR count). The van der Waals surface area contributed by atoms with Gasteiger partial charge in [0.1, 0.15) is 17.1 Å². The molecule has 1 aromatic carbocycles. The van der Waals surface area contributed by atoms with Gasteiger partial charge < -0.3 is 15.4 Å². The average Bonchev–Trinajstić information content (AvgIpc) is 3.17. The lowest BCUT2D eigenvalue weighted by Gasteiger charge is -2.13. The van der Waals surface area contributed by atoms with E-state index in [0.717, 1.165) is 31.2 Å². The molecule has 1 saturated carbocycles. The fourth-order valence-corrected chi connectivity index (χ4v) is 3.29. The normalized spacial score (nSPS) is 14.0. The Bertz CT molecular complexity index is 864. The van der Waals surface area contributed by atoms with Gasteiger partial charge in [0, 0.05) is 17.1 Å². The Kier molecular flexibility index (Phi) is 5.96. The molecule has 7 heteroatoms. The first kappa shape index (κ1) is 19.2. The zero-order chi connectivity index (χ0) is 19.4. The Balaban J connectivity index is 1.75. The molecule has 27 heavy (non-hydrogen) atoms. The first-order chi connectivity index (χ1) is 13.0. The number of benzene rings is 1. The van der Waals surface area contributed by atoms with Crippen LogP contribution in [0.15, 0.2) is 30.3 Å². The first-order valence-corrected chi connectivity index (χ1v) is 9.29. The van der Waals surface area contributed by atoms with Crippen LogP contribution < -0.4 is 15.4 Å². The number of carbonyl (C=O) groups excluding carboxylic acids is 2. The van der Waals surface area contributed by atoms with Crippen LogP contribution in [0.4, 0.5) is 5.69 Å². The van der Waals surface area contributed by atoms with Crippen molar-refractivity contribution in [2.45, 2.75) is 38.6 Å². The number of carbonyl (C=O) groups is 2. The van der Waals surface area contributed by atoms with Crippen LogP contribution in [0.25, 0.3) is 0 Å². The fourth-order valence-electron chi connectivity index (χ4n) is 3.13. The van der Waals surface area contributed by atoms with Crippen LogP contribution in [0.1, 0.15) is 52.2 Å². The Morgan fingerprint density at radius 3 is 2.48 bits per heavy atom. The molecule has 1 fully saturated rings. The summed E-state index contributed by atoms with van der Waals surface area (Å²) in [6.45, 7) is 1.84. The second-order valence-corrected chi connectivity index (χ2v) is 7.03. The first-order valence-electron chi connectivity index (χ1n) is 8.91. The molecule has 0 unspecified atom stereocenters. The molecule has 2 amide bonds. The van der Waals surface area contributed by atoms with Crippen LogP contribution in [0.2, 0.25) is 5.02 Å². The van der Waals surface area contributed by atoms with Crippen LogP contribution in [0, 0.1) is 6.92 Å². The number of nitrogens with one attached hydrogen (secondary N) is 2. The number of ether oxygens (including phenoxy) is 1. The number of pyridine rings is 1. The highest BCUT2D eigenvalue weighted by Gasteiger charge is 2.20. The number of nitrogens with zero attached hydrogens (tertiary/aromatic N) is 1. The molecular formula is C20H22ClN3O3. The van der Waals surface area contributed by atoms with Crippen molar-refractivity contribution in [3.63, 3.8) is 0 Å². The zero-order valence-corrected chi connectivity index (χ0v) is 16.1. The van der Waals surface area contributed by atoms with E-state index >= 15 is 0 Å². The van der Waals surface area contributed by atoms with Crippen molar-refractivity contribution in [1.29, 1.82) is 0 Å². The van der Waals surface area contributed by atoms with Gasteiger partial charge in [-0.1, -0.05) is 30.5 Å². The number of anilines is 1. The van der Waals surface area contributed by atoms with Crippen molar-refractivity contribution in [3.8, 4) is 5.75 Å². The van der Waals surface area contributed by atoms with E-state index < -0.39 is 5.91 Å². The second-order valence-electron chi connectivity index (χ2n) is 6.62. The van der Waals surface area contributed by atoms with E-state index in [0.29, 0.717) is 16.5 Å². The summed E-state index contributed by atoms with van der Waals surface area (Å²) in [5.41, 5.74) is 1.69. The number of methoxy groups -OCH3 is 1. The summed E-state index contributed by atoms with van der Waals surface area (Å²) in [5, 5.41) is 6.29. The highest BCUT2D eigenvalue weighted by molar-refractivity contribution is 6.31. The predicted octanol–water partition coefficient (Wildman–Crippen LogP) is 3.98. The fraction of sp³-hybridized carbons (Fsp3) is 0.350. The summed E-state index contributed by atoms with van der Waals surface area (Å²) in [6.07, 6.45) is 4.23. The smallest absolute Gasteiger partial charge is 0.274 e. The van der Waals surface area contributed by atoms with Gasteiger partial charge in [0.15, 0.2) is 0 Å². The van der Waals surface area contributed by atoms with E-state index in [4.69, 9.17) is 16.3 Å². The minimum atomic E-state index is -0.425. The zero-order valence-electron chi connectivity index (χ0n) is 15.3. The number of hydrogen-bond donors (Lipinski definition) is 2. The lowest BCUT2D eigenvalue weighted by Crippen LogP contribution is -2.33. The van der Waals surface area contributed by atoms with Gasteiger partial charge in [0.05, 0.1) is 12.8 Å². The Hall–Kier alpha value is -2.60. The minimum absolute atomic E-state index is 0.156. The Labute approximate surface area is 163 Å². The van der Waals surface area contributed by atoms with Crippen LogP contribution in [-0.2, 0) is 0 Å². The highest BCUT2D eigenvalue weighted by Crippen LogP contribution is 2.31. The molecule has 2 N–H and O–H groups in total. The van der Waals surface area contributed by atoms with Crippen LogP contribution in [0.3, 0.4) is 0 Å². The molecule has 0 aliphatic heterocycles. The van der Waals surface area contributed by atoms with E-state index in [-0.39, 0.29) is 23.3 Å². The predicted molar refractivity (Wildman–Crippen MR) is 105 cm³/mol. The SMILES string of the molecule is COc1cc(Cl)c(C)cc1NC(=O)c1cccc(C(=O)NC2CCCC2)n1. The van der Waals surface area contributed by atoms with Gasteiger partial charge in [-0.2, -0.15) is 0 Å². The van der Waals surface area contributed by atoms with E-state index in [2.05, 4.69) is 15.6 Å². The van der Waals surface area contributed by atoms with E-state index in [1.54, 1.807) is 30.3 Å². The quantitative estimate of drug-likeness (QED) is 0.813. The number of halogens is 1. The second kappa shape index (κ2) is 8.39. The van der Waals surface area contributed by atoms with Gasteiger partial charge >= 0.3 is 0 Å². The Morgan fingerprint density at radius 1 is 1.15 bits per heavy atom. The van der Waals surface area contributed by atoms with E-state index in [1.807, 2.05) is 6.92 Å². The number of rotatable bonds is 5. The van der Waals surface area contributed by atoms with Gasteiger partial charge in [-0.05, 0) is 43.5 Å². The maximum atomic E-state index is 12.6. The summed E-state index contributed by atoms with van der Waals surface area (Å²) >= 11 is 6.09. The van der Waals surface area contributed by atoms with Crippen LogP contribution >= 0.6 is 11.6 Å². The van der Waals surface area contributed by atoms with Gasteiger partial charge in [-0.25, -0.2) is 4.98 Å². The van der Waals surface area contributed by atoms with Gasteiger partial charge in [-0.15, -0.1) is 0 Å². The molecule has 0 bridgehead atoms.